The zero-order valence-corrected chi connectivity index (χ0v) is 15.7. The minimum atomic E-state index is 0.789. The summed E-state index contributed by atoms with van der Waals surface area (Å²) in [5, 5.41) is 6.01. The van der Waals surface area contributed by atoms with Crippen LogP contribution in [0.3, 0.4) is 0 Å². The first kappa shape index (κ1) is 19.0. The van der Waals surface area contributed by atoms with E-state index < -0.39 is 0 Å². The molecule has 124 valence electrons. The van der Waals surface area contributed by atoms with Crippen LogP contribution in [-0.2, 0) is 0 Å². The Labute approximate surface area is 143 Å². The van der Waals surface area contributed by atoms with Crippen molar-refractivity contribution in [2.24, 2.45) is 5.10 Å². The minimum Gasteiger partial charge on any atom is -0.492 e. The lowest BCUT2D eigenvalue weighted by Crippen LogP contribution is -2.02. The highest BCUT2D eigenvalue weighted by Crippen LogP contribution is 2.25. The lowest BCUT2D eigenvalue weighted by atomic mass is 10.1. The van der Waals surface area contributed by atoms with Gasteiger partial charge in [-0.2, -0.15) is 5.10 Å². The van der Waals surface area contributed by atoms with Crippen LogP contribution in [-0.4, -0.2) is 31.9 Å². The van der Waals surface area contributed by atoms with Gasteiger partial charge in [0, 0.05) is 14.1 Å². The zero-order valence-electron chi connectivity index (χ0n) is 14.1. The van der Waals surface area contributed by atoms with Crippen molar-refractivity contribution in [2.75, 3.05) is 20.7 Å². The maximum absolute atomic E-state index is 5.84. The highest BCUT2D eigenvalue weighted by atomic mass is 79.9. The molecule has 0 N–H and O–H groups in total. The van der Waals surface area contributed by atoms with Crippen LogP contribution in [0.5, 0.6) is 5.75 Å². The van der Waals surface area contributed by atoms with Crippen LogP contribution < -0.4 is 4.74 Å². The van der Waals surface area contributed by atoms with Gasteiger partial charge in [-0.1, -0.05) is 45.4 Å². The molecule has 0 radical (unpaired) electrons. The van der Waals surface area contributed by atoms with Crippen LogP contribution in [0.2, 0.25) is 0 Å². The fraction of sp³-hybridized carbons (Fsp3) is 0.611. The van der Waals surface area contributed by atoms with E-state index in [-0.39, 0.29) is 0 Å². The third-order valence-electron chi connectivity index (χ3n) is 3.40. The molecule has 0 unspecified atom stereocenters. The second kappa shape index (κ2) is 11.5. The quantitative estimate of drug-likeness (QED) is 0.293. The number of halogens is 1. The molecule has 0 amide bonds. The first-order chi connectivity index (χ1) is 10.6. The van der Waals surface area contributed by atoms with Crippen LogP contribution >= 0.6 is 15.9 Å². The Kier molecular flexibility index (Phi) is 9.96. The van der Waals surface area contributed by atoms with Gasteiger partial charge in [0.2, 0.25) is 0 Å². The molecule has 0 aromatic heterocycles. The fourth-order valence-electron chi connectivity index (χ4n) is 2.14. The number of hydrazone groups is 1. The Balaban J connectivity index is 2.26. The smallest absolute Gasteiger partial charge is 0.133 e. The van der Waals surface area contributed by atoms with Gasteiger partial charge >= 0.3 is 0 Å². The summed E-state index contributed by atoms with van der Waals surface area (Å²) >= 11 is 3.57. The first-order valence-electron chi connectivity index (χ1n) is 8.27. The standard InChI is InChI=1S/C18H29BrN2O/c1-4-5-6-7-8-9-10-13-22-18-12-11-16(14-17(18)19)15-20-21(2)3/h11-12,14-15H,4-10,13H2,1-3H3/b20-15+. The van der Waals surface area contributed by atoms with E-state index in [0.29, 0.717) is 0 Å². The molecule has 22 heavy (non-hydrogen) atoms. The van der Waals surface area contributed by atoms with Gasteiger partial charge in [0.1, 0.15) is 5.75 Å². The highest BCUT2D eigenvalue weighted by molar-refractivity contribution is 9.10. The number of rotatable bonds is 11. The Bertz CT molecular complexity index is 447. The number of hydrogen-bond acceptors (Lipinski definition) is 3. The van der Waals surface area contributed by atoms with E-state index in [1.807, 2.05) is 38.5 Å². The van der Waals surface area contributed by atoms with Crippen LogP contribution in [0.25, 0.3) is 0 Å². The van der Waals surface area contributed by atoms with Gasteiger partial charge in [-0.15, -0.1) is 0 Å². The van der Waals surface area contributed by atoms with E-state index in [0.717, 1.165) is 28.8 Å². The predicted molar refractivity (Wildman–Crippen MR) is 98.9 cm³/mol. The van der Waals surface area contributed by atoms with Crippen molar-refractivity contribution in [3.05, 3.63) is 28.2 Å². The van der Waals surface area contributed by atoms with Crippen molar-refractivity contribution in [1.29, 1.82) is 0 Å². The van der Waals surface area contributed by atoms with E-state index in [2.05, 4.69) is 28.0 Å². The molecule has 0 bridgehead atoms. The summed E-state index contributed by atoms with van der Waals surface area (Å²) in [6, 6.07) is 6.06. The average molecular weight is 369 g/mol. The minimum absolute atomic E-state index is 0.789. The topological polar surface area (TPSA) is 24.8 Å². The Morgan fingerprint density at radius 2 is 1.77 bits per heavy atom. The average Bonchev–Trinajstić information content (AvgIpc) is 2.49. The number of unbranched alkanes of at least 4 members (excludes halogenated alkanes) is 6. The van der Waals surface area contributed by atoms with Crippen molar-refractivity contribution in [1.82, 2.24) is 5.01 Å². The van der Waals surface area contributed by atoms with Gasteiger partial charge < -0.3 is 9.75 Å². The Hall–Kier alpha value is -1.03. The van der Waals surface area contributed by atoms with Crippen LogP contribution in [0.4, 0.5) is 0 Å². The maximum Gasteiger partial charge on any atom is 0.133 e. The van der Waals surface area contributed by atoms with E-state index in [1.165, 1.54) is 38.5 Å². The zero-order chi connectivity index (χ0) is 16.2. The third-order valence-corrected chi connectivity index (χ3v) is 4.02. The molecule has 0 fully saturated rings. The molecule has 0 heterocycles. The molecular weight excluding hydrogens is 340 g/mol. The van der Waals surface area contributed by atoms with E-state index in [1.54, 1.807) is 5.01 Å². The largest absolute Gasteiger partial charge is 0.492 e. The first-order valence-corrected chi connectivity index (χ1v) is 9.06. The van der Waals surface area contributed by atoms with Crippen molar-refractivity contribution >= 4 is 22.1 Å². The van der Waals surface area contributed by atoms with E-state index in [4.69, 9.17) is 4.74 Å². The molecule has 0 atom stereocenters. The normalized spacial score (nSPS) is 11.1. The number of nitrogens with zero attached hydrogens (tertiary/aromatic N) is 2. The van der Waals surface area contributed by atoms with Crippen molar-refractivity contribution in [3.63, 3.8) is 0 Å². The summed E-state index contributed by atoms with van der Waals surface area (Å²) in [5.41, 5.74) is 1.06. The monoisotopic (exact) mass is 368 g/mol. The second-order valence-electron chi connectivity index (χ2n) is 5.75. The number of hydrogen-bond donors (Lipinski definition) is 0. The van der Waals surface area contributed by atoms with E-state index >= 15 is 0 Å². The van der Waals surface area contributed by atoms with Gasteiger partial charge in [-0.05, 0) is 46.1 Å². The molecule has 3 nitrogen and oxygen atoms in total. The summed E-state index contributed by atoms with van der Waals surface area (Å²) in [4.78, 5) is 0. The molecule has 1 rings (SSSR count). The van der Waals surface area contributed by atoms with Crippen LogP contribution in [0, 0.1) is 0 Å². The SMILES string of the molecule is CCCCCCCCCOc1ccc(/C=N/N(C)C)cc1Br. The third kappa shape index (κ3) is 8.42. The molecule has 0 saturated heterocycles. The van der Waals surface area contributed by atoms with Crippen molar-refractivity contribution < 1.29 is 4.74 Å². The maximum atomic E-state index is 5.84. The summed E-state index contributed by atoms with van der Waals surface area (Å²) in [7, 11) is 3.82. The summed E-state index contributed by atoms with van der Waals surface area (Å²) < 4.78 is 6.83. The summed E-state index contributed by atoms with van der Waals surface area (Å²) in [6.07, 6.45) is 11.0. The number of benzene rings is 1. The molecule has 0 saturated carbocycles. The molecule has 4 heteroatoms. The second-order valence-corrected chi connectivity index (χ2v) is 6.61. The lowest BCUT2D eigenvalue weighted by molar-refractivity contribution is 0.302. The summed E-state index contributed by atoms with van der Waals surface area (Å²) in [6.45, 7) is 3.04. The van der Waals surface area contributed by atoms with Gasteiger partial charge in [-0.3, -0.25) is 0 Å². The molecule has 1 aromatic rings. The van der Waals surface area contributed by atoms with Gasteiger partial charge in [-0.25, -0.2) is 0 Å². The molecular formula is C18H29BrN2O. The van der Waals surface area contributed by atoms with Crippen molar-refractivity contribution in [3.8, 4) is 5.75 Å². The van der Waals surface area contributed by atoms with Gasteiger partial charge in [0.15, 0.2) is 0 Å². The highest BCUT2D eigenvalue weighted by Gasteiger charge is 2.02. The predicted octanol–water partition coefficient (Wildman–Crippen LogP) is 5.47. The van der Waals surface area contributed by atoms with Crippen LogP contribution in [0.15, 0.2) is 27.8 Å². The molecule has 0 aliphatic heterocycles. The summed E-state index contributed by atoms with van der Waals surface area (Å²) in [5.74, 6) is 0.910. The molecule has 0 aliphatic carbocycles. The van der Waals surface area contributed by atoms with Gasteiger partial charge in [0.05, 0.1) is 17.3 Å². The number of ether oxygens (including phenoxy) is 1. The fourth-order valence-corrected chi connectivity index (χ4v) is 2.65. The Morgan fingerprint density at radius 3 is 2.41 bits per heavy atom. The van der Waals surface area contributed by atoms with Crippen molar-refractivity contribution in [2.45, 2.75) is 51.9 Å². The van der Waals surface area contributed by atoms with E-state index in [9.17, 15) is 0 Å². The molecule has 1 aromatic carbocycles. The van der Waals surface area contributed by atoms with Crippen LogP contribution in [0.1, 0.15) is 57.4 Å². The molecule has 0 aliphatic rings. The Morgan fingerprint density at radius 1 is 1.09 bits per heavy atom. The van der Waals surface area contributed by atoms with Gasteiger partial charge in [0.25, 0.3) is 0 Å². The lowest BCUT2D eigenvalue weighted by Gasteiger charge is -2.09. The molecule has 0 spiro atoms.